The Balaban J connectivity index is 3.31. The highest BCUT2D eigenvalue weighted by molar-refractivity contribution is 7.89. The number of nitrogens with zero attached hydrogens (tertiary/aromatic N) is 1. The van der Waals surface area contributed by atoms with Crippen LogP contribution in [0.15, 0.2) is 29.2 Å². The van der Waals surface area contributed by atoms with Crippen LogP contribution in [0.2, 0.25) is 0 Å². The lowest BCUT2D eigenvalue weighted by Gasteiger charge is -2.25. The van der Waals surface area contributed by atoms with Crippen molar-refractivity contribution in [2.75, 3.05) is 6.54 Å². The van der Waals surface area contributed by atoms with Gasteiger partial charge in [-0.3, -0.25) is 4.79 Å². The molecule has 6 nitrogen and oxygen atoms in total. The number of para-hydroxylation sites is 1. The van der Waals surface area contributed by atoms with Gasteiger partial charge in [-0.15, -0.1) is 0 Å². The summed E-state index contributed by atoms with van der Waals surface area (Å²) in [6.45, 7) is -0.995. The second-order valence-corrected chi connectivity index (χ2v) is 6.22. The fourth-order valence-corrected chi connectivity index (χ4v) is 3.37. The largest absolute Gasteiger partial charge is 0.480 e. The molecule has 0 bridgehead atoms. The number of halogens is 2. The normalized spacial score (nSPS) is 12.1. The minimum atomic E-state index is -4.28. The molecule has 0 fully saturated rings. The van der Waals surface area contributed by atoms with E-state index in [-0.39, 0.29) is 0 Å². The van der Waals surface area contributed by atoms with Crippen LogP contribution in [0, 0.1) is 0 Å². The van der Waals surface area contributed by atoms with E-state index < -0.39 is 45.8 Å². The second-order valence-electron chi connectivity index (χ2n) is 4.36. The smallest absolute Gasteiger partial charge is 0.387 e. The van der Waals surface area contributed by atoms with Crippen LogP contribution in [0.3, 0.4) is 0 Å². The van der Waals surface area contributed by atoms with Gasteiger partial charge in [0, 0.05) is 6.04 Å². The number of hydrogen-bond donors (Lipinski definition) is 1. The molecule has 1 aromatic rings. The first-order valence-corrected chi connectivity index (χ1v) is 7.37. The maximum absolute atomic E-state index is 12.4. The van der Waals surface area contributed by atoms with Gasteiger partial charge in [0.25, 0.3) is 0 Å². The van der Waals surface area contributed by atoms with E-state index in [0.29, 0.717) is 4.31 Å². The number of carbonyl (C=O) groups is 1. The lowest BCUT2D eigenvalue weighted by atomic mass is 10.3. The van der Waals surface area contributed by atoms with Gasteiger partial charge in [-0.05, 0) is 26.0 Å². The summed E-state index contributed by atoms with van der Waals surface area (Å²) in [5.74, 6) is -1.87. The number of carboxylic acids is 1. The fraction of sp³-hybridized carbons (Fsp3) is 0.417. The first kappa shape index (κ1) is 17.3. The van der Waals surface area contributed by atoms with Crippen molar-refractivity contribution in [2.24, 2.45) is 0 Å². The standard InChI is InChI=1S/C12H15F2NO5S/c1-8(2)15(7-11(16)17)21(18,19)10-6-4-3-5-9(10)20-12(13)14/h3-6,8,12H,7H2,1-2H3,(H,16,17). The van der Waals surface area contributed by atoms with Gasteiger partial charge >= 0.3 is 12.6 Å². The van der Waals surface area contributed by atoms with E-state index in [1.54, 1.807) is 0 Å². The number of hydrogen-bond acceptors (Lipinski definition) is 4. The van der Waals surface area contributed by atoms with Crippen LogP contribution in [-0.2, 0) is 14.8 Å². The average Bonchev–Trinajstić information content (AvgIpc) is 2.35. The Hall–Kier alpha value is -1.74. The predicted octanol–water partition coefficient (Wildman–Crippen LogP) is 1.77. The molecule has 0 atom stereocenters. The molecule has 21 heavy (non-hydrogen) atoms. The Morgan fingerprint density at radius 3 is 2.38 bits per heavy atom. The molecule has 0 aromatic heterocycles. The third-order valence-corrected chi connectivity index (χ3v) is 4.58. The molecule has 9 heteroatoms. The van der Waals surface area contributed by atoms with Gasteiger partial charge in [0.2, 0.25) is 10.0 Å². The first-order chi connectivity index (χ1) is 9.66. The molecule has 0 saturated carbocycles. The third kappa shape index (κ3) is 4.36. The van der Waals surface area contributed by atoms with Crippen molar-refractivity contribution >= 4 is 16.0 Å². The number of sulfonamides is 1. The highest BCUT2D eigenvalue weighted by Gasteiger charge is 2.31. The zero-order valence-electron chi connectivity index (χ0n) is 11.4. The van der Waals surface area contributed by atoms with Crippen LogP contribution in [-0.4, -0.2) is 43.0 Å². The van der Waals surface area contributed by atoms with E-state index in [1.807, 2.05) is 0 Å². The van der Waals surface area contributed by atoms with Crippen molar-refractivity contribution in [2.45, 2.75) is 31.4 Å². The van der Waals surface area contributed by atoms with E-state index in [0.717, 1.165) is 12.1 Å². The molecule has 118 valence electrons. The lowest BCUT2D eigenvalue weighted by molar-refractivity contribution is -0.137. The van der Waals surface area contributed by atoms with Gasteiger partial charge in [0.05, 0.1) is 0 Å². The van der Waals surface area contributed by atoms with E-state index in [2.05, 4.69) is 4.74 Å². The quantitative estimate of drug-likeness (QED) is 0.827. The molecule has 0 saturated heterocycles. The van der Waals surface area contributed by atoms with E-state index >= 15 is 0 Å². The van der Waals surface area contributed by atoms with E-state index in [9.17, 15) is 22.0 Å². The van der Waals surface area contributed by atoms with Gasteiger partial charge in [-0.25, -0.2) is 8.42 Å². The summed E-state index contributed by atoms with van der Waals surface area (Å²) in [6.07, 6.45) is 0. The summed E-state index contributed by atoms with van der Waals surface area (Å²) in [5, 5.41) is 8.80. The molecule has 0 heterocycles. The minimum Gasteiger partial charge on any atom is -0.480 e. The van der Waals surface area contributed by atoms with Crippen LogP contribution in [0.5, 0.6) is 5.75 Å². The molecule has 1 rings (SSSR count). The van der Waals surface area contributed by atoms with E-state index in [4.69, 9.17) is 5.11 Å². The summed E-state index contributed by atoms with van der Waals surface area (Å²) in [4.78, 5) is 10.3. The van der Waals surface area contributed by atoms with Crippen LogP contribution in [0.4, 0.5) is 8.78 Å². The summed E-state index contributed by atoms with van der Waals surface area (Å²) in [5.41, 5.74) is 0. The van der Waals surface area contributed by atoms with Gasteiger partial charge in [-0.2, -0.15) is 13.1 Å². The monoisotopic (exact) mass is 323 g/mol. The van der Waals surface area contributed by atoms with Gasteiger partial charge in [0.1, 0.15) is 17.2 Å². The van der Waals surface area contributed by atoms with E-state index in [1.165, 1.54) is 26.0 Å². The van der Waals surface area contributed by atoms with Crippen LogP contribution >= 0.6 is 0 Å². The average molecular weight is 323 g/mol. The molecule has 0 unspecified atom stereocenters. The van der Waals surface area contributed by atoms with Gasteiger partial charge in [0.15, 0.2) is 0 Å². The Kier molecular flexibility index (Phi) is 5.62. The van der Waals surface area contributed by atoms with Gasteiger partial charge in [-0.1, -0.05) is 12.1 Å². The van der Waals surface area contributed by atoms with Crippen molar-refractivity contribution in [3.05, 3.63) is 24.3 Å². The Bertz CT molecular complexity index is 603. The molecule has 0 amide bonds. The molecule has 0 aliphatic carbocycles. The van der Waals surface area contributed by atoms with Crippen molar-refractivity contribution in [3.8, 4) is 5.75 Å². The topological polar surface area (TPSA) is 83.9 Å². The SMILES string of the molecule is CC(C)N(CC(=O)O)S(=O)(=O)c1ccccc1OC(F)F. The number of carboxylic acid groups (broad SMARTS) is 1. The van der Waals surface area contributed by atoms with Crippen LogP contribution < -0.4 is 4.74 Å². The number of ether oxygens (including phenoxy) is 1. The number of benzene rings is 1. The summed E-state index contributed by atoms with van der Waals surface area (Å²) >= 11 is 0. The van der Waals surface area contributed by atoms with Crippen LogP contribution in [0.25, 0.3) is 0 Å². The molecule has 0 aliphatic rings. The zero-order chi connectivity index (χ0) is 16.2. The van der Waals surface area contributed by atoms with Crippen molar-refractivity contribution in [1.82, 2.24) is 4.31 Å². The Morgan fingerprint density at radius 1 is 1.33 bits per heavy atom. The second kappa shape index (κ2) is 6.81. The predicted molar refractivity (Wildman–Crippen MR) is 69.7 cm³/mol. The number of aliphatic carboxylic acids is 1. The molecule has 1 N–H and O–H groups in total. The molecule has 0 radical (unpaired) electrons. The summed E-state index contributed by atoms with van der Waals surface area (Å²) in [7, 11) is -4.28. The highest BCUT2D eigenvalue weighted by Crippen LogP contribution is 2.28. The fourth-order valence-electron chi connectivity index (χ4n) is 1.66. The van der Waals surface area contributed by atoms with Crippen molar-refractivity contribution in [1.29, 1.82) is 0 Å². The molecular weight excluding hydrogens is 308 g/mol. The van der Waals surface area contributed by atoms with Crippen LogP contribution in [0.1, 0.15) is 13.8 Å². The Morgan fingerprint density at radius 2 is 1.90 bits per heavy atom. The Labute approximate surface area is 121 Å². The first-order valence-electron chi connectivity index (χ1n) is 5.93. The molecule has 0 aliphatic heterocycles. The summed E-state index contributed by atoms with van der Waals surface area (Å²) < 4.78 is 54.4. The maximum Gasteiger partial charge on any atom is 0.387 e. The summed E-state index contributed by atoms with van der Waals surface area (Å²) in [6, 6.07) is 4.19. The lowest BCUT2D eigenvalue weighted by Crippen LogP contribution is -2.40. The molecule has 1 aromatic carbocycles. The highest BCUT2D eigenvalue weighted by atomic mass is 32.2. The number of alkyl halides is 2. The molecular formula is C12H15F2NO5S. The molecule has 0 spiro atoms. The van der Waals surface area contributed by atoms with Crippen molar-refractivity contribution in [3.63, 3.8) is 0 Å². The number of rotatable bonds is 7. The van der Waals surface area contributed by atoms with Crippen molar-refractivity contribution < 1.29 is 31.8 Å². The third-order valence-electron chi connectivity index (χ3n) is 2.52. The minimum absolute atomic E-state index is 0.500. The zero-order valence-corrected chi connectivity index (χ0v) is 12.2. The maximum atomic E-state index is 12.4. The van der Waals surface area contributed by atoms with Gasteiger partial charge < -0.3 is 9.84 Å².